The van der Waals surface area contributed by atoms with Gasteiger partial charge >= 0.3 is 5.97 Å². The molecule has 0 aliphatic carbocycles. The van der Waals surface area contributed by atoms with Crippen LogP contribution in [-0.2, 0) is 11.3 Å². The number of aryl methyl sites for hydroxylation is 1. The van der Waals surface area contributed by atoms with Crippen molar-refractivity contribution in [3.05, 3.63) is 40.5 Å². The number of nitrogens with one attached hydrogen (secondary N) is 1. The summed E-state index contributed by atoms with van der Waals surface area (Å²) in [5, 5.41) is 13.1. The van der Waals surface area contributed by atoms with Crippen LogP contribution in [0.2, 0.25) is 5.15 Å². The standard InChI is InChI=1S/C14H15ClN2O2/c1-8-3-4-10-6-11(7-16-9(2)14(18)19)13(15)17-12(10)5-8/h3-6,9,16H,7H2,1-2H3,(H,18,19). The number of benzene rings is 1. The third kappa shape index (κ3) is 3.22. The number of pyridine rings is 1. The van der Waals surface area contributed by atoms with Crippen molar-refractivity contribution >= 4 is 28.5 Å². The highest BCUT2D eigenvalue weighted by Crippen LogP contribution is 2.21. The molecule has 0 saturated carbocycles. The van der Waals surface area contributed by atoms with E-state index in [0.29, 0.717) is 11.7 Å². The van der Waals surface area contributed by atoms with Crippen LogP contribution in [-0.4, -0.2) is 22.1 Å². The first-order chi connectivity index (χ1) is 8.97. The summed E-state index contributed by atoms with van der Waals surface area (Å²) in [6.07, 6.45) is 0. The zero-order valence-corrected chi connectivity index (χ0v) is 11.5. The van der Waals surface area contributed by atoms with Gasteiger partial charge in [0.15, 0.2) is 0 Å². The van der Waals surface area contributed by atoms with Crippen LogP contribution >= 0.6 is 11.6 Å². The Balaban J connectivity index is 2.26. The summed E-state index contributed by atoms with van der Waals surface area (Å²) in [7, 11) is 0. The van der Waals surface area contributed by atoms with E-state index in [1.165, 1.54) is 0 Å². The molecule has 0 fully saturated rings. The number of nitrogens with zero attached hydrogens (tertiary/aromatic N) is 1. The molecule has 2 N–H and O–H groups in total. The van der Waals surface area contributed by atoms with E-state index >= 15 is 0 Å². The molecule has 0 spiro atoms. The Bertz CT molecular complexity index is 628. The lowest BCUT2D eigenvalue weighted by atomic mass is 10.1. The molecule has 2 rings (SSSR count). The number of aromatic nitrogens is 1. The first-order valence-corrected chi connectivity index (χ1v) is 6.37. The van der Waals surface area contributed by atoms with E-state index in [9.17, 15) is 4.79 Å². The fraction of sp³-hybridized carbons (Fsp3) is 0.286. The number of carbonyl (C=O) groups is 1. The van der Waals surface area contributed by atoms with Crippen molar-refractivity contribution in [3.8, 4) is 0 Å². The second-order valence-corrected chi connectivity index (χ2v) is 4.93. The maximum atomic E-state index is 10.7. The molecule has 1 unspecified atom stereocenters. The molecule has 0 saturated heterocycles. The minimum absolute atomic E-state index is 0.378. The summed E-state index contributed by atoms with van der Waals surface area (Å²) in [4.78, 5) is 15.1. The number of aliphatic carboxylic acids is 1. The van der Waals surface area contributed by atoms with Crippen LogP contribution in [0.25, 0.3) is 10.9 Å². The van der Waals surface area contributed by atoms with Gasteiger partial charge in [-0.2, -0.15) is 0 Å². The number of carboxylic acid groups (broad SMARTS) is 1. The first-order valence-electron chi connectivity index (χ1n) is 5.99. The Labute approximate surface area is 116 Å². The Kier molecular flexibility index (Phi) is 4.02. The maximum absolute atomic E-state index is 10.7. The van der Waals surface area contributed by atoms with Crippen molar-refractivity contribution in [2.75, 3.05) is 0 Å². The second-order valence-electron chi connectivity index (χ2n) is 4.58. The molecule has 5 heteroatoms. The van der Waals surface area contributed by atoms with Gasteiger partial charge in [-0.05, 0) is 31.5 Å². The molecule has 0 aliphatic rings. The molecule has 1 atom stereocenters. The summed E-state index contributed by atoms with van der Waals surface area (Å²) in [6, 6.07) is 7.28. The largest absolute Gasteiger partial charge is 0.480 e. The smallest absolute Gasteiger partial charge is 0.320 e. The highest BCUT2D eigenvalue weighted by atomic mass is 35.5. The predicted molar refractivity (Wildman–Crippen MR) is 75.4 cm³/mol. The van der Waals surface area contributed by atoms with E-state index in [4.69, 9.17) is 16.7 Å². The lowest BCUT2D eigenvalue weighted by Crippen LogP contribution is -2.33. The van der Waals surface area contributed by atoms with Crippen molar-refractivity contribution in [3.63, 3.8) is 0 Å². The van der Waals surface area contributed by atoms with Gasteiger partial charge in [0, 0.05) is 17.5 Å². The van der Waals surface area contributed by atoms with E-state index < -0.39 is 12.0 Å². The Morgan fingerprint density at radius 2 is 2.21 bits per heavy atom. The van der Waals surface area contributed by atoms with Crippen LogP contribution in [0.15, 0.2) is 24.3 Å². The topological polar surface area (TPSA) is 62.2 Å². The molecule has 0 radical (unpaired) electrons. The number of halogens is 1. The highest BCUT2D eigenvalue weighted by Gasteiger charge is 2.11. The van der Waals surface area contributed by atoms with Crippen LogP contribution in [0.1, 0.15) is 18.1 Å². The number of carboxylic acids is 1. The van der Waals surface area contributed by atoms with Crippen molar-refractivity contribution in [1.82, 2.24) is 10.3 Å². The molecule has 1 aromatic heterocycles. The third-order valence-electron chi connectivity index (χ3n) is 2.97. The van der Waals surface area contributed by atoms with E-state index in [-0.39, 0.29) is 0 Å². The number of hydrogen-bond acceptors (Lipinski definition) is 3. The molecule has 1 heterocycles. The molecule has 100 valence electrons. The van der Waals surface area contributed by atoms with E-state index in [1.807, 2.05) is 31.2 Å². The van der Waals surface area contributed by atoms with Crippen molar-refractivity contribution in [1.29, 1.82) is 0 Å². The minimum atomic E-state index is -0.888. The highest BCUT2D eigenvalue weighted by molar-refractivity contribution is 6.30. The lowest BCUT2D eigenvalue weighted by Gasteiger charge is -2.11. The summed E-state index contributed by atoms with van der Waals surface area (Å²) >= 11 is 6.12. The molecule has 19 heavy (non-hydrogen) atoms. The van der Waals surface area contributed by atoms with Crippen LogP contribution in [0, 0.1) is 6.92 Å². The Morgan fingerprint density at radius 1 is 1.47 bits per heavy atom. The number of fused-ring (bicyclic) bond motifs is 1. The van der Waals surface area contributed by atoms with Crippen LogP contribution in [0.5, 0.6) is 0 Å². The van der Waals surface area contributed by atoms with Gasteiger partial charge in [-0.1, -0.05) is 23.7 Å². The van der Waals surface area contributed by atoms with E-state index in [0.717, 1.165) is 22.0 Å². The Hall–Kier alpha value is -1.65. The molecular weight excluding hydrogens is 264 g/mol. The molecule has 0 amide bonds. The number of rotatable bonds is 4. The fourth-order valence-corrected chi connectivity index (χ4v) is 1.98. The van der Waals surface area contributed by atoms with Gasteiger partial charge in [-0.25, -0.2) is 4.98 Å². The van der Waals surface area contributed by atoms with E-state index in [1.54, 1.807) is 6.92 Å². The molecule has 2 aromatic rings. The van der Waals surface area contributed by atoms with Crippen molar-refractivity contribution in [2.45, 2.75) is 26.4 Å². The molecule has 0 bridgehead atoms. The van der Waals surface area contributed by atoms with Gasteiger partial charge < -0.3 is 10.4 Å². The zero-order valence-electron chi connectivity index (χ0n) is 10.8. The average Bonchev–Trinajstić information content (AvgIpc) is 2.35. The quantitative estimate of drug-likeness (QED) is 0.844. The van der Waals surface area contributed by atoms with Gasteiger partial charge in [-0.3, -0.25) is 4.79 Å². The molecular formula is C14H15ClN2O2. The van der Waals surface area contributed by atoms with Crippen LogP contribution in [0.4, 0.5) is 0 Å². The van der Waals surface area contributed by atoms with Gasteiger partial charge in [0.2, 0.25) is 0 Å². The summed E-state index contributed by atoms with van der Waals surface area (Å²) in [6.45, 7) is 3.97. The van der Waals surface area contributed by atoms with Crippen molar-refractivity contribution in [2.24, 2.45) is 0 Å². The maximum Gasteiger partial charge on any atom is 0.320 e. The summed E-state index contributed by atoms with van der Waals surface area (Å²) in [5.41, 5.74) is 2.77. The average molecular weight is 279 g/mol. The monoisotopic (exact) mass is 278 g/mol. The summed E-state index contributed by atoms with van der Waals surface area (Å²) < 4.78 is 0. The summed E-state index contributed by atoms with van der Waals surface area (Å²) in [5.74, 6) is -0.888. The van der Waals surface area contributed by atoms with Gasteiger partial charge in [0.25, 0.3) is 0 Å². The lowest BCUT2D eigenvalue weighted by molar-refractivity contribution is -0.139. The van der Waals surface area contributed by atoms with Crippen LogP contribution < -0.4 is 5.32 Å². The Morgan fingerprint density at radius 3 is 2.89 bits per heavy atom. The van der Waals surface area contributed by atoms with Crippen LogP contribution in [0.3, 0.4) is 0 Å². The SMILES string of the molecule is Cc1ccc2cc(CNC(C)C(=O)O)c(Cl)nc2c1. The van der Waals surface area contributed by atoms with Crippen molar-refractivity contribution < 1.29 is 9.90 Å². The predicted octanol–water partition coefficient (Wildman–Crippen LogP) is 2.76. The normalized spacial score (nSPS) is 12.6. The minimum Gasteiger partial charge on any atom is -0.480 e. The van der Waals surface area contributed by atoms with Gasteiger partial charge in [0.05, 0.1) is 5.52 Å². The number of hydrogen-bond donors (Lipinski definition) is 2. The molecule has 0 aliphatic heterocycles. The second kappa shape index (κ2) is 5.55. The molecule has 1 aromatic carbocycles. The third-order valence-corrected chi connectivity index (χ3v) is 3.30. The zero-order chi connectivity index (χ0) is 14.0. The molecule has 4 nitrogen and oxygen atoms in total. The fourth-order valence-electron chi connectivity index (χ4n) is 1.77. The first kappa shape index (κ1) is 13.8. The van der Waals surface area contributed by atoms with Gasteiger partial charge in [-0.15, -0.1) is 0 Å². The van der Waals surface area contributed by atoms with Gasteiger partial charge in [0.1, 0.15) is 11.2 Å². The van der Waals surface area contributed by atoms with E-state index in [2.05, 4.69) is 10.3 Å².